The van der Waals surface area contributed by atoms with Gasteiger partial charge in [-0.05, 0) is 37.8 Å². The molecule has 0 heterocycles. The van der Waals surface area contributed by atoms with Gasteiger partial charge in [-0.1, -0.05) is 38.0 Å². The fourth-order valence-corrected chi connectivity index (χ4v) is 2.40. The largest absolute Gasteiger partial charge is 0.347 e. The maximum Gasteiger partial charge on any atom is 0.251 e. The number of hydrogen-bond acceptors (Lipinski definition) is 1. The third-order valence-corrected chi connectivity index (χ3v) is 3.75. The molecule has 0 aromatic heterocycles. The van der Waals surface area contributed by atoms with Crippen molar-refractivity contribution >= 4 is 5.91 Å². The van der Waals surface area contributed by atoms with E-state index in [9.17, 15) is 4.79 Å². The summed E-state index contributed by atoms with van der Waals surface area (Å²) in [6, 6.07) is 9.46. The zero-order valence-electron chi connectivity index (χ0n) is 10.7. The fourth-order valence-electron chi connectivity index (χ4n) is 2.40. The lowest BCUT2D eigenvalue weighted by Gasteiger charge is -2.14. The highest BCUT2D eigenvalue weighted by molar-refractivity contribution is 5.94. The average Bonchev–Trinajstić information content (AvgIpc) is 2.98. The summed E-state index contributed by atoms with van der Waals surface area (Å²) < 4.78 is 0. The Morgan fingerprint density at radius 1 is 1.41 bits per heavy atom. The summed E-state index contributed by atoms with van der Waals surface area (Å²) in [4.78, 5) is 12.0. The van der Waals surface area contributed by atoms with Gasteiger partial charge < -0.3 is 5.32 Å². The van der Waals surface area contributed by atoms with Crippen molar-refractivity contribution in [3.63, 3.8) is 0 Å². The normalized spacial score (nSPS) is 26.6. The standard InChI is InChI=1S/C15H21NO/c1-3-4-10-13-11-15(13,2)16-14(17)12-8-6-5-7-9-12/h5-9,13H,3-4,10-11H2,1-2H3,(H,16,17). The average molecular weight is 231 g/mol. The zero-order valence-corrected chi connectivity index (χ0v) is 10.7. The summed E-state index contributed by atoms with van der Waals surface area (Å²) in [6.45, 7) is 4.37. The third kappa shape index (κ3) is 2.87. The molecule has 0 saturated heterocycles. The van der Waals surface area contributed by atoms with Crippen molar-refractivity contribution in [1.82, 2.24) is 5.32 Å². The van der Waals surface area contributed by atoms with Gasteiger partial charge in [-0.15, -0.1) is 0 Å². The number of nitrogens with one attached hydrogen (secondary N) is 1. The molecule has 0 radical (unpaired) electrons. The maximum absolute atomic E-state index is 12.0. The van der Waals surface area contributed by atoms with E-state index in [-0.39, 0.29) is 11.4 Å². The minimum Gasteiger partial charge on any atom is -0.347 e. The molecule has 1 N–H and O–H groups in total. The molecule has 1 aliphatic rings. The molecule has 1 saturated carbocycles. The highest BCUT2D eigenvalue weighted by Crippen LogP contribution is 2.46. The Bertz CT molecular complexity index is 387. The molecule has 2 atom stereocenters. The van der Waals surface area contributed by atoms with Crippen molar-refractivity contribution in [1.29, 1.82) is 0 Å². The van der Waals surface area contributed by atoms with Gasteiger partial charge in [-0.2, -0.15) is 0 Å². The molecule has 1 aromatic rings. The highest BCUT2D eigenvalue weighted by Gasteiger charge is 2.50. The quantitative estimate of drug-likeness (QED) is 0.827. The summed E-state index contributed by atoms with van der Waals surface area (Å²) in [6.07, 6.45) is 4.87. The van der Waals surface area contributed by atoms with E-state index in [1.165, 1.54) is 19.3 Å². The highest BCUT2D eigenvalue weighted by atomic mass is 16.1. The maximum atomic E-state index is 12.0. The minimum atomic E-state index is 0.0437. The van der Waals surface area contributed by atoms with Gasteiger partial charge in [0.05, 0.1) is 0 Å². The topological polar surface area (TPSA) is 29.1 Å². The summed E-state index contributed by atoms with van der Waals surface area (Å²) in [7, 11) is 0. The molecule has 2 nitrogen and oxygen atoms in total. The van der Waals surface area contributed by atoms with Crippen LogP contribution in [0.5, 0.6) is 0 Å². The van der Waals surface area contributed by atoms with Crippen molar-refractivity contribution in [2.45, 2.75) is 45.1 Å². The van der Waals surface area contributed by atoms with E-state index in [2.05, 4.69) is 19.2 Å². The lowest BCUT2D eigenvalue weighted by Crippen LogP contribution is -2.36. The molecule has 17 heavy (non-hydrogen) atoms. The first-order valence-corrected chi connectivity index (χ1v) is 6.53. The molecule has 2 rings (SSSR count). The monoisotopic (exact) mass is 231 g/mol. The van der Waals surface area contributed by atoms with Crippen LogP contribution in [0.15, 0.2) is 30.3 Å². The number of carbonyl (C=O) groups is 1. The van der Waals surface area contributed by atoms with Crippen LogP contribution in [0.25, 0.3) is 0 Å². The van der Waals surface area contributed by atoms with E-state index in [4.69, 9.17) is 0 Å². The number of amides is 1. The number of carbonyl (C=O) groups excluding carboxylic acids is 1. The summed E-state index contributed by atoms with van der Waals surface area (Å²) >= 11 is 0. The Labute approximate surface area is 103 Å². The Balaban J connectivity index is 1.88. The van der Waals surface area contributed by atoms with Crippen LogP contribution in [0.3, 0.4) is 0 Å². The molecule has 0 bridgehead atoms. The third-order valence-electron chi connectivity index (χ3n) is 3.75. The molecule has 0 aliphatic heterocycles. The Morgan fingerprint density at radius 2 is 2.12 bits per heavy atom. The van der Waals surface area contributed by atoms with E-state index >= 15 is 0 Å². The first kappa shape index (κ1) is 12.2. The van der Waals surface area contributed by atoms with Crippen molar-refractivity contribution in [3.8, 4) is 0 Å². The first-order chi connectivity index (χ1) is 8.15. The van der Waals surface area contributed by atoms with Gasteiger partial charge in [-0.3, -0.25) is 4.79 Å². The van der Waals surface area contributed by atoms with E-state index in [0.29, 0.717) is 5.92 Å². The Hall–Kier alpha value is -1.31. The van der Waals surface area contributed by atoms with Crippen LogP contribution >= 0.6 is 0 Å². The lowest BCUT2D eigenvalue weighted by atomic mass is 10.1. The van der Waals surface area contributed by atoms with Crippen LogP contribution in [-0.4, -0.2) is 11.4 Å². The second-order valence-corrected chi connectivity index (χ2v) is 5.28. The first-order valence-electron chi connectivity index (χ1n) is 6.53. The molecule has 1 aromatic carbocycles. The van der Waals surface area contributed by atoms with Crippen molar-refractivity contribution < 1.29 is 4.79 Å². The van der Waals surface area contributed by atoms with Crippen LogP contribution in [0.4, 0.5) is 0 Å². The summed E-state index contributed by atoms with van der Waals surface area (Å²) in [5.41, 5.74) is 0.803. The van der Waals surface area contributed by atoms with Crippen molar-refractivity contribution in [3.05, 3.63) is 35.9 Å². The smallest absolute Gasteiger partial charge is 0.251 e. The van der Waals surface area contributed by atoms with E-state index < -0.39 is 0 Å². The zero-order chi connectivity index (χ0) is 12.3. The summed E-state index contributed by atoms with van der Waals surface area (Å²) in [5, 5.41) is 3.17. The molecule has 1 amide bonds. The predicted octanol–water partition coefficient (Wildman–Crippen LogP) is 3.39. The molecule has 2 unspecified atom stereocenters. The van der Waals surface area contributed by atoms with Crippen LogP contribution in [0.2, 0.25) is 0 Å². The molecule has 1 aliphatic carbocycles. The number of benzene rings is 1. The van der Waals surface area contributed by atoms with Crippen LogP contribution < -0.4 is 5.32 Å². The lowest BCUT2D eigenvalue weighted by molar-refractivity contribution is 0.0931. The van der Waals surface area contributed by atoms with E-state index in [1.807, 2.05) is 30.3 Å². The predicted molar refractivity (Wildman–Crippen MR) is 69.9 cm³/mol. The number of rotatable bonds is 5. The summed E-state index contributed by atoms with van der Waals surface area (Å²) in [5.74, 6) is 0.738. The van der Waals surface area contributed by atoms with Crippen LogP contribution in [0.1, 0.15) is 49.9 Å². The Kier molecular flexibility index (Phi) is 3.51. The van der Waals surface area contributed by atoms with Crippen LogP contribution in [-0.2, 0) is 0 Å². The molecule has 0 spiro atoms. The van der Waals surface area contributed by atoms with E-state index in [0.717, 1.165) is 12.0 Å². The molecule has 1 fully saturated rings. The van der Waals surface area contributed by atoms with Gasteiger partial charge >= 0.3 is 0 Å². The van der Waals surface area contributed by atoms with Gasteiger partial charge in [-0.25, -0.2) is 0 Å². The molecular weight excluding hydrogens is 210 g/mol. The van der Waals surface area contributed by atoms with E-state index in [1.54, 1.807) is 0 Å². The SMILES string of the molecule is CCCCC1CC1(C)NC(=O)c1ccccc1. The van der Waals surface area contributed by atoms with Crippen molar-refractivity contribution in [2.75, 3.05) is 0 Å². The molecule has 92 valence electrons. The van der Waals surface area contributed by atoms with Gasteiger partial charge in [0.15, 0.2) is 0 Å². The number of unbranched alkanes of at least 4 members (excludes halogenated alkanes) is 1. The van der Waals surface area contributed by atoms with Gasteiger partial charge in [0, 0.05) is 11.1 Å². The van der Waals surface area contributed by atoms with Gasteiger partial charge in [0.1, 0.15) is 0 Å². The minimum absolute atomic E-state index is 0.0437. The van der Waals surface area contributed by atoms with Crippen LogP contribution in [0, 0.1) is 5.92 Å². The number of hydrogen-bond donors (Lipinski definition) is 1. The fraction of sp³-hybridized carbons (Fsp3) is 0.533. The van der Waals surface area contributed by atoms with Gasteiger partial charge in [0.25, 0.3) is 5.91 Å². The van der Waals surface area contributed by atoms with Crippen molar-refractivity contribution in [2.24, 2.45) is 5.92 Å². The molecular formula is C15H21NO. The Morgan fingerprint density at radius 3 is 2.76 bits per heavy atom. The van der Waals surface area contributed by atoms with Gasteiger partial charge in [0.2, 0.25) is 0 Å². The second kappa shape index (κ2) is 4.91. The molecule has 2 heteroatoms. The second-order valence-electron chi connectivity index (χ2n) is 5.28.